The third-order valence-corrected chi connectivity index (χ3v) is 4.12. The standard InChI is InChI=1S/C12H15N5OS/c18-12(7-9-8-19-6-5-13-9)16-11-1-3-14-10-2-4-15-17(10)11/h1-4,9,13H,5-8H2,(H,16,18). The van der Waals surface area contributed by atoms with Gasteiger partial charge in [-0.25, -0.2) is 4.98 Å². The van der Waals surface area contributed by atoms with Crippen LogP contribution in [-0.4, -0.2) is 44.6 Å². The highest BCUT2D eigenvalue weighted by Gasteiger charge is 2.17. The number of nitrogens with zero attached hydrogens (tertiary/aromatic N) is 3. The first-order valence-corrected chi connectivity index (χ1v) is 7.38. The van der Waals surface area contributed by atoms with Gasteiger partial charge in [0.2, 0.25) is 5.91 Å². The molecule has 1 amide bonds. The zero-order valence-corrected chi connectivity index (χ0v) is 11.2. The maximum absolute atomic E-state index is 12.0. The van der Waals surface area contributed by atoms with E-state index in [1.807, 2.05) is 11.8 Å². The topological polar surface area (TPSA) is 71.3 Å². The fourth-order valence-electron chi connectivity index (χ4n) is 2.10. The summed E-state index contributed by atoms with van der Waals surface area (Å²) in [5, 5.41) is 10.4. The van der Waals surface area contributed by atoms with E-state index in [0.717, 1.165) is 23.7 Å². The van der Waals surface area contributed by atoms with Gasteiger partial charge in [0.25, 0.3) is 0 Å². The van der Waals surface area contributed by atoms with Gasteiger partial charge in [0, 0.05) is 42.8 Å². The lowest BCUT2D eigenvalue weighted by Crippen LogP contribution is -2.40. The summed E-state index contributed by atoms with van der Waals surface area (Å²) in [7, 11) is 0. The maximum Gasteiger partial charge on any atom is 0.227 e. The zero-order chi connectivity index (χ0) is 13.1. The van der Waals surface area contributed by atoms with Crippen LogP contribution in [0, 0.1) is 0 Å². The number of hydrogen-bond acceptors (Lipinski definition) is 5. The molecule has 19 heavy (non-hydrogen) atoms. The summed E-state index contributed by atoms with van der Waals surface area (Å²) in [6.45, 7) is 0.973. The second-order valence-electron chi connectivity index (χ2n) is 4.41. The van der Waals surface area contributed by atoms with Crippen LogP contribution in [0.5, 0.6) is 0 Å². The first-order chi connectivity index (χ1) is 9.33. The summed E-state index contributed by atoms with van der Waals surface area (Å²) in [6, 6.07) is 3.81. The molecule has 0 spiro atoms. The molecule has 1 saturated heterocycles. The fraction of sp³-hybridized carbons (Fsp3) is 0.417. The predicted octanol–water partition coefficient (Wildman–Crippen LogP) is 0.763. The summed E-state index contributed by atoms with van der Waals surface area (Å²) in [5.41, 5.74) is 0.726. The van der Waals surface area contributed by atoms with E-state index < -0.39 is 0 Å². The van der Waals surface area contributed by atoms with E-state index in [-0.39, 0.29) is 11.9 Å². The molecule has 6 nitrogen and oxygen atoms in total. The van der Waals surface area contributed by atoms with Crippen molar-refractivity contribution < 1.29 is 4.79 Å². The van der Waals surface area contributed by atoms with Crippen LogP contribution in [0.3, 0.4) is 0 Å². The molecule has 0 saturated carbocycles. The minimum absolute atomic E-state index is 0.00278. The van der Waals surface area contributed by atoms with Crippen LogP contribution in [0.15, 0.2) is 24.5 Å². The number of thioether (sulfide) groups is 1. The molecule has 0 aromatic carbocycles. The largest absolute Gasteiger partial charge is 0.312 e. The van der Waals surface area contributed by atoms with Crippen LogP contribution in [0.25, 0.3) is 5.65 Å². The van der Waals surface area contributed by atoms with Gasteiger partial charge >= 0.3 is 0 Å². The second-order valence-corrected chi connectivity index (χ2v) is 5.56. The highest BCUT2D eigenvalue weighted by atomic mass is 32.2. The molecule has 0 radical (unpaired) electrons. The molecule has 1 fully saturated rings. The van der Waals surface area contributed by atoms with Gasteiger partial charge in [0.05, 0.1) is 6.20 Å². The smallest absolute Gasteiger partial charge is 0.227 e. The van der Waals surface area contributed by atoms with Gasteiger partial charge in [-0.15, -0.1) is 0 Å². The summed E-state index contributed by atoms with van der Waals surface area (Å²) in [6.07, 6.45) is 3.82. The Morgan fingerprint density at radius 2 is 2.47 bits per heavy atom. The van der Waals surface area contributed by atoms with Crippen LogP contribution in [0.1, 0.15) is 6.42 Å². The molecule has 0 aliphatic carbocycles. The Bertz CT molecular complexity index is 578. The van der Waals surface area contributed by atoms with E-state index >= 15 is 0 Å². The quantitative estimate of drug-likeness (QED) is 0.867. The highest BCUT2D eigenvalue weighted by molar-refractivity contribution is 7.99. The predicted molar refractivity (Wildman–Crippen MR) is 75.3 cm³/mol. The number of nitrogens with one attached hydrogen (secondary N) is 2. The van der Waals surface area contributed by atoms with E-state index in [4.69, 9.17) is 0 Å². The molecular weight excluding hydrogens is 262 g/mol. The van der Waals surface area contributed by atoms with Crippen LogP contribution in [0.4, 0.5) is 5.82 Å². The molecule has 1 atom stereocenters. The Kier molecular flexibility index (Phi) is 3.65. The Morgan fingerprint density at radius 1 is 1.53 bits per heavy atom. The number of aromatic nitrogens is 3. The highest BCUT2D eigenvalue weighted by Crippen LogP contribution is 2.12. The first kappa shape index (κ1) is 12.4. The first-order valence-electron chi connectivity index (χ1n) is 6.22. The molecule has 2 aromatic heterocycles. The van der Waals surface area contributed by atoms with E-state index in [2.05, 4.69) is 20.7 Å². The Morgan fingerprint density at radius 3 is 3.32 bits per heavy atom. The van der Waals surface area contributed by atoms with Crippen molar-refractivity contribution in [2.45, 2.75) is 12.5 Å². The zero-order valence-electron chi connectivity index (χ0n) is 10.4. The Hall–Kier alpha value is -1.60. The minimum Gasteiger partial charge on any atom is -0.312 e. The van der Waals surface area contributed by atoms with Crippen LogP contribution in [0.2, 0.25) is 0 Å². The molecule has 1 aliphatic rings. The van der Waals surface area contributed by atoms with Crippen molar-refractivity contribution in [1.82, 2.24) is 19.9 Å². The minimum atomic E-state index is 0.00278. The van der Waals surface area contributed by atoms with E-state index in [0.29, 0.717) is 12.2 Å². The number of carbonyl (C=O) groups excluding carboxylic acids is 1. The van der Waals surface area contributed by atoms with Crippen molar-refractivity contribution in [2.24, 2.45) is 0 Å². The number of rotatable bonds is 3. The summed E-state index contributed by atoms with van der Waals surface area (Å²) in [4.78, 5) is 16.2. The van der Waals surface area contributed by atoms with Gasteiger partial charge < -0.3 is 10.6 Å². The molecule has 100 valence electrons. The molecule has 0 bridgehead atoms. The van der Waals surface area contributed by atoms with Crippen LogP contribution >= 0.6 is 11.8 Å². The molecule has 1 aliphatic heterocycles. The monoisotopic (exact) mass is 277 g/mol. The van der Waals surface area contributed by atoms with Gasteiger partial charge in [-0.1, -0.05) is 0 Å². The van der Waals surface area contributed by atoms with Crippen LogP contribution < -0.4 is 10.6 Å². The SMILES string of the molecule is O=C(CC1CSCCN1)Nc1ccnc2ccnn12. The summed E-state index contributed by atoms with van der Waals surface area (Å²) < 4.78 is 1.63. The van der Waals surface area contributed by atoms with E-state index in [1.54, 1.807) is 29.0 Å². The summed E-state index contributed by atoms with van der Waals surface area (Å²) in [5.74, 6) is 2.77. The van der Waals surface area contributed by atoms with Crippen molar-refractivity contribution in [3.63, 3.8) is 0 Å². The second kappa shape index (κ2) is 5.58. The molecule has 3 rings (SSSR count). The number of amides is 1. The molecular formula is C12H15N5OS. The number of fused-ring (bicyclic) bond motifs is 1. The third-order valence-electron chi connectivity index (χ3n) is 2.99. The number of hydrogen-bond donors (Lipinski definition) is 2. The van der Waals surface area contributed by atoms with Gasteiger partial charge in [-0.3, -0.25) is 4.79 Å². The molecule has 3 heterocycles. The lowest BCUT2D eigenvalue weighted by atomic mass is 10.2. The average molecular weight is 277 g/mol. The normalized spacial score (nSPS) is 19.5. The Labute approximate surface area is 115 Å². The van der Waals surface area contributed by atoms with Crippen molar-refractivity contribution in [1.29, 1.82) is 0 Å². The molecule has 2 aromatic rings. The van der Waals surface area contributed by atoms with Crippen molar-refractivity contribution in [2.75, 3.05) is 23.4 Å². The molecule has 2 N–H and O–H groups in total. The summed E-state index contributed by atoms with van der Waals surface area (Å²) >= 11 is 1.89. The number of anilines is 1. The van der Waals surface area contributed by atoms with Crippen LogP contribution in [-0.2, 0) is 4.79 Å². The number of carbonyl (C=O) groups is 1. The van der Waals surface area contributed by atoms with Gasteiger partial charge in [0.15, 0.2) is 5.65 Å². The lowest BCUT2D eigenvalue weighted by molar-refractivity contribution is -0.116. The fourth-order valence-corrected chi connectivity index (χ4v) is 3.05. The lowest BCUT2D eigenvalue weighted by Gasteiger charge is -2.22. The molecule has 7 heteroatoms. The average Bonchev–Trinajstić information content (AvgIpc) is 2.89. The Balaban J connectivity index is 1.67. The van der Waals surface area contributed by atoms with Gasteiger partial charge in [-0.05, 0) is 6.07 Å². The molecule has 1 unspecified atom stereocenters. The van der Waals surface area contributed by atoms with Gasteiger partial charge in [0.1, 0.15) is 5.82 Å². The van der Waals surface area contributed by atoms with E-state index in [1.165, 1.54) is 0 Å². The van der Waals surface area contributed by atoms with Crippen molar-refractivity contribution in [3.8, 4) is 0 Å². The van der Waals surface area contributed by atoms with E-state index in [9.17, 15) is 4.79 Å². The van der Waals surface area contributed by atoms with Gasteiger partial charge in [-0.2, -0.15) is 21.4 Å². The third kappa shape index (κ3) is 2.87. The van der Waals surface area contributed by atoms with Crippen molar-refractivity contribution in [3.05, 3.63) is 24.5 Å². The maximum atomic E-state index is 12.0. The van der Waals surface area contributed by atoms with Crippen molar-refractivity contribution >= 4 is 29.1 Å².